The summed E-state index contributed by atoms with van der Waals surface area (Å²) in [6.07, 6.45) is -3.67. The summed E-state index contributed by atoms with van der Waals surface area (Å²) in [5.41, 5.74) is -1.37. The first-order valence-corrected chi connectivity index (χ1v) is 11.3. The third-order valence-corrected chi connectivity index (χ3v) is 6.69. The quantitative estimate of drug-likeness (QED) is 0.589. The molecule has 0 aliphatic carbocycles. The predicted octanol–water partition coefficient (Wildman–Crippen LogP) is 3.03. The molecular weight excluding hydrogens is 455 g/mol. The maximum absolute atomic E-state index is 13.7. The van der Waals surface area contributed by atoms with Crippen LogP contribution < -0.4 is 0 Å². The zero-order valence-electron chi connectivity index (χ0n) is 18.0. The number of halogens is 3. The highest BCUT2D eigenvalue weighted by Crippen LogP contribution is 2.41. The van der Waals surface area contributed by atoms with Gasteiger partial charge in [0.15, 0.2) is 5.82 Å². The molecule has 0 spiro atoms. The van der Waals surface area contributed by atoms with Crippen molar-refractivity contribution >= 4 is 17.2 Å². The van der Waals surface area contributed by atoms with Crippen molar-refractivity contribution in [2.45, 2.75) is 24.7 Å². The van der Waals surface area contributed by atoms with Gasteiger partial charge in [0.1, 0.15) is 5.01 Å². The Hall–Kier alpha value is -2.76. The lowest BCUT2D eigenvalue weighted by atomic mass is 9.96. The van der Waals surface area contributed by atoms with Gasteiger partial charge in [-0.1, -0.05) is 30.3 Å². The topological polar surface area (TPSA) is 74.5 Å². The molecule has 1 fully saturated rings. The average Bonchev–Trinajstić information content (AvgIpc) is 3.43. The minimum Gasteiger partial charge on any atom is -0.374 e. The van der Waals surface area contributed by atoms with Crippen LogP contribution in [0.2, 0.25) is 0 Å². The highest BCUT2D eigenvalue weighted by molar-refractivity contribution is 7.13. The minimum absolute atomic E-state index is 0.281. The van der Waals surface area contributed by atoms with E-state index >= 15 is 0 Å². The van der Waals surface area contributed by atoms with Gasteiger partial charge in [0.05, 0.1) is 12.1 Å². The third-order valence-electron chi connectivity index (χ3n) is 5.75. The zero-order chi connectivity index (χ0) is 23.6. The van der Waals surface area contributed by atoms with E-state index < -0.39 is 29.9 Å². The molecule has 33 heavy (non-hydrogen) atoms. The summed E-state index contributed by atoms with van der Waals surface area (Å²) >= 11 is 1.56. The van der Waals surface area contributed by atoms with Crippen molar-refractivity contribution in [1.82, 2.24) is 24.3 Å². The van der Waals surface area contributed by atoms with Crippen LogP contribution in [-0.2, 0) is 24.0 Å². The first kappa shape index (κ1) is 23.4. The number of aryl methyl sites for hydroxylation is 1. The average molecular weight is 480 g/mol. The van der Waals surface area contributed by atoms with Crippen molar-refractivity contribution in [2.24, 2.45) is 7.05 Å². The van der Waals surface area contributed by atoms with E-state index in [1.54, 1.807) is 11.3 Å². The summed E-state index contributed by atoms with van der Waals surface area (Å²) in [6, 6.07) is 9.87. The molecule has 1 saturated heterocycles. The van der Waals surface area contributed by atoms with Gasteiger partial charge in [-0.3, -0.25) is 9.69 Å². The number of imidazole rings is 1. The summed E-state index contributed by atoms with van der Waals surface area (Å²) in [6.45, 7) is 2.19. The first-order valence-electron chi connectivity index (χ1n) is 10.4. The summed E-state index contributed by atoms with van der Waals surface area (Å²) < 4.78 is 42.2. The number of piperazine rings is 1. The van der Waals surface area contributed by atoms with Crippen LogP contribution in [0, 0.1) is 0 Å². The number of hydrogen-bond donors (Lipinski definition) is 1. The standard InChI is InChI=1S/C22H24F3N5O2S/c1-28-8-7-26-20(28)21(32,22(23,24)25)13-18(31)30-11-9-29(10-12-30)14-17-15-33-19(27-17)16-5-3-2-4-6-16/h2-8,15,32H,9-14H2,1H3. The second-order valence-electron chi connectivity index (χ2n) is 8.06. The van der Waals surface area contributed by atoms with Crippen molar-refractivity contribution in [3.8, 4) is 10.6 Å². The molecule has 1 atom stereocenters. The van der Waals surface area contributed by atoms with Crippen molar-refractivity contribution in [3.63, 3.8) is 0 Å². The van der Waals surface area contributed by atoms with Gasteiger partial charge < -0.3 is 14.6 Å². The van der Waals surface area contributed by atoms with Gasteiger partial charge in [-0.25, -0.2) is 9.97 Å². The summed E-state index contributed by atoms with van der Waals surface area (Å²) in [4.78, 5) is 24.5. The lowest BCUT2D eigenvalue weighted by Gasteiger charge is -2.36. The molecule has 4 rings (SSSR count). The van der Waals surface area contributed by atoms with Crippen LogP contribution >= 0.6 is 11.3 Å². The Morgan fingerprint density at radius 1 is 1.15 bits per heavy atom. The Labute approximate surface area is 193 Å². The van der Waals surface area contributed by atoms with E-state index in [4.69, 9.17) is 0 Å². The van der Waals surface area contributed by atoms with Crippen LogP contribution in [0.1, 0.15) is 17.9 Å². The second-order valence-corrected chi connectivity index (χ2v) is 8.92. The largest absolute Gasteiger partial charge is 0.425 e. The molecule has 0 radical (unpaired) electrons. The molecule has 1 aliphatic heterocycles. The van der Waals surface area contributed by atoms with Crippen LogP contribution in [-0.4, -0.2) is 67.7 Å². The molecule has 176 valence electrons. The summed E-state index contributed by atoms with van der Waals surface area (Å²) in [7, 11) is 1.35. The van der Waals surface area contributed by atoms with Crippen molar-refractivity contribution < 1.29 is 23.1 Å². The number of carbonyl (C=O) groups excluding carboxylic acids is 1. The van der Waals surface area contributed by atoms with Crippen molar-refractivity contribution in [3.05, 3.63) is 59.6 Å². The molecular formula is C22H24F3N5O2S. The molecule has 1 N–H and O–H groups in total. The van der Waals surface area contributed by atoms with Gasteiger partial charge in [0.25, 0.3) is 0 Å². The number of benzene rings is 1. The van der Waals surface area contributed by atoms with Crippen LogP contribution in [0.4, 0.5) is 13.2 Å². The molecule has 1 aromatic carbocycles. The number of hydrogen-bond acceptors (Lipinski definition) is 6. The fraction of sp³-hybridized carbons (Fsp3) is 0.409. The Balaban J connectivity index is 1.35. The lowest BCUT2D eigenvalue weighted by molar-refractivity contribution is -0.272. The van der Waals surface area contributed by atoms with Crippen LogP contribution in [0.15, 0.2) is 48.1 Å². The summed E-state index contributed by atoms with van der Waals surface area (Å²) in [5.74, 6) is -1.35. The maximum atomic E-state index is 13.7. The number of aliphatic hydroxyl groups is 1. The number of nitrogens with zero attached hydrogens (tertiary/aromatic N) is 5. The molecule has 0 bridgehead atoms. The molecule has 1 unspecified atom stereocenters. The van der Waals surface area contributed by atoms with Crippen LogP contribution in [0.5, 0.6) is 0 Å². The number of aromatic nitrogens is 3. The van der Waals surface area contributed by atoms with E-state index in [1.165, 1.54) is 18.1 Å². The number of alkyl halides is 3. The zero-order valence-corrected chi connectivity index (χ0v) is 18.8. The lowest BCUT2D eigenvalue weighted by Crippen LogP contribution is -2.52. The highest BCUT2D eigenvalue weighted by atomic mass is 32.1. The van der Waals surface area contributed by atoms with E-state index in [0.717, 1.165) is 27.0 Å². The van der Waals surface area contributed by atoms with E-state index in [2.05, 4.69) is 14.9 Å². The number of carbonyl (C=O) groups is 1. The Bertz CT molecular complexity index is 1090. The Morgan fingerprint density at radius 3 is 2.45 bits per heavy atom. The van der Waals surface area contributed by atoms with Gasteiger partial charge in [0.2, 0.25) is 11.5 Å². The molecule has 2 aromatic heterocycles. The number of thiazole rings is 1. The van der Waals surface area contributed by atoms with E-state index in [9.17, 15) is 23.1 Å². The van der Waals surface area contributed by atoms with Crippen LogP contribution in [0.3, 0.4) is 0 Å². The van der Waals surface area contributed by atoms with Crippen LogP contribution in [0.25, 0.3) is 10.6 Å². The third kappa shape index (κ3) is 4.94. The van der Waals surface area contributed by atoms with Gasteiger partial charge in [-0.05, 0) is 0 Å². The second kappa shape index (κ2) is 9.24. The number of amides is 1. The van der Waals surface area contributed by atoms with Gasteiger partial charge in [-0.2, -0.15) is 13.2 Å². The fourth-order valence-corrected chi connectivity index (χ4v) is 4.70. The molecule has 0 saturated carbocycles. The predicted molar refractivity (Wildman–Crippen MR) is 117 cm³/mol. The van der Waals surface area contributed by atoms with Gasteiger partial charge in [-0.15, -0.1) is 11.3 Å². The van der Waals surface area contributed by atoms with Crippen molar-refractivity contribution in [1.29, 1.82) is 0 Å². The molecule has 1 aliphatic rings. The number of rotatable bonds is 6. The molecule has 3 heterocycles. The monoisotopic (exact) mass is 479 g/mol. The first-order chi connectivity index (χ1) is 15.7. The van der Waals surface area contributed by atoms with Gasteiger partial charge in [0, 0.05) is 63.1 Å². The normalized spacial score (nSPS) is 17.2. The molecule has 7 nitrogen and oxygen atoms in total. The van der Waals surface area contributed by atoms with Gasteiger partial charge >= 0.3 is 6.18 Å². The van der Waals surface area contributed by atoms with Crippen molar-refractivity contribution in [2.75, 3.05) is 26.2 Å². The smallest absolute Gasteiger partial charge is 0.374 e. The molecule has 3 aromatic rings. The minimum atomic E-state index is -5.04. The highest BCUT2D eigenvalue weighted by Gasteiger charge is 2.59. The Kier molecular flexibility index (Phi) is 6.55. The molecule has 11 heteroatoms. The maximum Gasteiger partial charge on any atom is 0.425 e. The summed E-state index contributed by atoms with van der Waals surface area (Å²) in [5, 5.41) is 13.4. The Morgan fingerprint density at radius 2 is 1.85 bits per heavy atom. The van der Waals surface area contributed by atoms with E-state index in [1.807, 2.05) is 35.7 Å². The molecule has 1 amide bonds. The fourth-order valence-electron chi connectivity index (χ4n) is 3.88. The SMILES string of the molecule is Cn1ccnc1C(O)(CC(=O)N1CCN(Cc2csc(-c3ccccc3)n2)CC1)C(F)(F)F. The van der Waals surface area contributed by atoms with E-state index in [0.29, 0.717) is 19.6 Å². The van der Waals surface area contributed by atoms with E-state index in [-0.39, 0.29) is 13.1 Å².